The quantitative estimate of drug-likeness (QED) is 0.749. The maximum atomic E-state index is 5.50. The first kappa shape index (κ1) is 10.1. The SMILES string of the molecule is CCOC1=CCN(c2ccccc2)CC1. The molecule has 0 unspecified atom stereocenters. The second-order valence-electron chi connectivity index (χ2n) is 3.64. The van der Waals surface area contributed by atoms with Crippen LogP contribution in [0.4, 0.5) is 5.69 Å². The van der Waals surface area contributed by atoms with Crippen molar-refractivity contribution in [2.75, 3.05) is 24.6 Å². The summed E-state index contributed by atoms with van der Waals surface area (Å²) in [5.74, 6) is 1.14. The van der Waals surface area contributed by atoms with Gasteiger partial charge in [-0.25, -0.2) is 0 Å². The lowest BCUT2D eigenvalue weighted by Gasteiger charge is -2.28. The summed E-state index contributed by atoms with van der Waals surface area (Å²) >= 11 is 0. The van der Waals surface area contributed by atoms with Gasteiger partial charge in [0.05, 0.1) is 12.4 Å². The van der Waals surface area contributed by atoms with E-state index in [0.717, 1.165) is 31.9 Å². The molecule has 2 nitrogen and oxygen atoms in total. The minimum absolute atomic E-state index is 0.775. The van der Waals surface area contributed by atoms with Gasteiger partial charge in [0.15, 0.2) is 0 Å². The van der Waals surface area contributed by atoms with Crippen LogP contribution < -0.4 is 4.90 Å². The lowest BCUT2D eigenvalue weighted by Crippen LogP contribution is -2.28. The smallest absolute Gasteiger partial charge is 0.0955 e. The Kier molecular flexibility index (Phi) is 3.28. The molecule has 80 valence electrons. The average molecular weight is 203 g/mol. The molecule has 2 rings (SSSR count). The summed E-state index contributed by atoms with van der Waals surface area (Å²) in [6.45, 7) is 4.82. The summed E-state index contributed by atoms with van der Waals surface area (Å²) < 4.78 is 5.50. The summed E-state index contributed by atoms with van der Waals surface area (Å²) in [5.41, 5.74) is 1.30. The highest BCUT2D eigenvalue weighted by atomic mass is 16.5. The Balaban J connectivity index is 1.99. The van der Waals surface area contributed by atoms with Crippen molar-refractivity contribution in [1.29, 1.82) is 0 Å². The first-order valence-corrected chi connectivity index (χ1v) is 5.52. The topological polar surface area (TPSA) is 12.5 Å². The fraction of sp³-hybridized carbons (Fsp3) is 0.385. The first-order chi connectivity index (χ1) is 7.40. The largest absolute Gasteiger partial charge is 0.498 e. The van der Waals surface area contributed by atoms with Crippen molar-refractivity contribution in [3.8, 4) is 0 Å². The molecule has 1 aromatic rings. The molecular formula is C13H17NO. The number of hydrogen-bond donors (Lipinski definition) is 0. The van der Waals surface area contributed by atoms with Gasteiger partial charge in [-0.1, -0.05) is 18.2 Å². The van der Waals surface area contributed by atoms with Crippen LogP contribution in [0.3, 0.4) is 0 Å². The Bertz CT molecular complexity index is 332. The van der Waals surface area contributed by atoms with Gasteiger partial charge in [-0.15, -0.1) is 0 Å². The van der Waals surface area contributed by atoms with Gasteiger partial charge < -0.3 is 9.64 Å². The molecule has 0 fully saturated rings. The lowest BCUT2D eigenvalue weighted by atomic mass is 10.2. The first-order valence-electron chi connectivity index (χ1n) is 5.52. The standard InChI is InChI=1S/C13H17NO/c1-2-15-13-8-10-14(11-9-13)12-6-4-3-5-7-12/h3-8H,2,9-11H2,1H3. The zero-order valence-corrected chi connectivity index (χ0v) is 9.15. The molecule has 0 spiro atoms. The van der Waals surface area contributed by atoms with Gasteiger partial charge in [0.2, 0.25) is 0 Å². The maximum Gasteiger partial charge on any atom is 0.0955 e. The van der Waals surface area contributed by atoms with Gasteiger partial charge in [-0.2, -0.15) is 0 Å². The maximum absolute atomic E-state index is 5.50. The van der Waals surface area contributed by atoms with Gasteiger partial charge >= 0.3 is 0 Å². The van der Waals surface area contributed by atoms with E-state index < -0.39 is 0 Å². The van der Waals surface area contributed by atoms with Crippen molar-refractivity contribution in [3.05, 3.63) is 42.2 Å². The van der Waals surface area contributed by atoms with Crippen molar-refractivity contribution in [2.45, 2.75) is 13.3 Å². The van der Waals surface area contributed by atoms with Gasteiger partial charge in [0, 0.05) is 25.2 Å². The summed E-state index contributed by atoms with van der Waals surface area (Å²) in [6, 6.07) is 10.5. The molecular weight excluding hydrogens is 186 g/mol. The van der Waals surface area contributed by atoms with E-state index in [0.29, 0.717) is 0 Å². The van der Waals surface area contributed by atoms with Crippen molar-refractivity contribution in [3.63, 3.8) is 0 Å². The van der Waals surface area contributed by atoms with E-state index in [2.05, 4.69) is 41.3 Å². The van der Waals surface area contributed by atoms with Crippen LogP contribution in [0.15, 0.2) is 42.2 Å². The number of rotatable bonds is 3. The Morgan fingerprint density at radius 3 is 2.67 bits per heavy atom. The van der Waals surface area contributed by atoms with Gasteiger partial charge in [-0.05, 0) is 25.1 Å². The zero-order valence-electron chi connectivity index (χ0n) is 9.15. The minimum atomic E-state index is 0.775. The predicted molar refractivity (Wildman–Crippen MR) is 63.0 cm³/mol. The number of ether oxygens (including phenoxy) is 1. The number of hydrogen-bond acceptors (Lipinski definition) is 2. The number of nitrogens with zero attached hydrogens (tertiary/aromatic N) is 1. The Morgan fingerprint density at radius 1 is 1.27 bits per heavy atom. The van der Waals surface area contributed by atoms with Crippen molar-refractivity contribution < 1.29 is 4.74 Å². The average Bonchev–Trinajstić information content (AvgIpc) is 2.32. The van der Waals surface area contributed by atoms with Crippen molar-refractivity contribution in [2.24, 2.45) is 0 Å². The van der Waals surface area contributed by atoms with Crippen LogP contribution in [0, 0.1) is 0 Å². The van der Waals surface area contributed by atoms with Gasteiger partial charge in [-0.3, -0.25) is 0 Å². The second-order valence-corrected chi connectivity index (χ2v) is 3.64. The third-order valence-corrected chi connectivity index (χ3v) is 2.62. The molecule has 1 aromatic carbocycles. The highest BCUT2D eigenvalue weighted by Crippen LogP contribution is 2.19. The highest BCUT2D eigenvalue weighted by molar-refractivity contribution is 5.47. The normalized spacial score (nSPS) is 16.1. The van der Waals surface area contributed by atoms with Crippen LogP contribution >= 0.6 is 0 Å². The minimum Gasteiger partial charge on any atom is -0.498 e. The molecule has 0 amide bonds. The Hall–Kier alpha value is -1.44. The van der Waals surface area contributed by atoms with Crippen LogP contribution in [-0.2, 0) is 4.74 Å². The summed E-state index contributed by atoms with van der Waals surface area (Å²) in [7, 11) is 0. The van der Waals surface area contributed by atoms with Crippen LogP contribution in [-0.4, -0.2) is 19.7 Å². The second kappa shape index (κ2) is 4.87. The van der Waals surface area contributed by atoms with Crippen LogP contribution in [0.2, 0.25) is 0 Å². The summed E-state index contributed by atoms with van der Waals surface area (Å²) in [5, 5.41) is 0. The molecule has 0 radical (unpaired) electrons. The molecule has 0 atom stereocenters. The van der Waals surface area contributed by atoms with E-state index in [-0.39, 0.29) is 0 Å². The van der Waals surface area contributed by atoms with Crippen molar-refractivity contribution in [1.82, 2.24) is 0 Å². The Morgan fingerprint density at radius 2 is 2.07 bits per heavy atom. The molecule has 0 aromatic heterocycles. The number of anilines is 1. The van der Waals surface area contributed by atoms with Gasteiger partial charge in [0.25, 0.3) is 0 Å². The van der Waals surface area contributed by atoms with E-state index in [1.54, 1.807) is 0 Å². The van der Waals surface area contributed by atoms with Crippen LogP contribution in [0.25, 0.3) is 0 Å². The van der Waals surface area contributed by atoms with Crippen LogP contribution in [0.1, 0.15) is 13.3 Å². The molecule has 1 aliphatic heterocycles. The van der Waals surface area contributed by atoms with Crippen molar-refractivity contribution >= 4 is 5.69 Å². The van der Waals surface area contributed by atoms with Gasteiger partial charge in [0.1, 0.15) is 0 Å². The lowest BCUT2D eigenvalue weighted by molar-refractivity contribution is 0.215. The van der Waals surface area contributed by atoms with E-state index in [1.807, 2.05) is 6.92 Å². The highest BCUT2D eigenvalue weighted by Gasteiger charge is 2.11. The molecule has 2 heteroatoms. The molecule has 0 N–H and O–H groups in total. The number of para-hydroxylation sites is 1. The Labute approximate surface area is 91.2 Å². The summed E-state index contributed by atoms with van der Waals surface area (Å²) in [6.07, 6.45) is 3.20. The van der Waals surface area contributed by atoms with Crippen LogP contribution in [0.5, 0.6) is 0 Å². The molecule has 1 aliphatic rings. The third kappa shape index (κ3) is 2.52. The fourth-order valence-corrected chi connectivity index (χ4v) is 1.84. The molecule has 15 heavy (non-hydrogen) atoms. The number of benzene rings is 1. The molecule has 0 bridgehead atoms. The summed E-state index contributed by atoms with van der Waals surface area (Å²) in [4.78, 5) is 2.36. The zero-order chi connectivity index (χ0) is 10.5. The van der Waals surface area contributed by atoms with E-state index in [1.165, 1.54) is 5.69 Å². The van der Waals surface area contributed by atoms with E-state index >= 15 is 0 Å². The molecule has 0 aliphatic carbocycles. The predicted octanol–water partition coefficient (Wildman–Crippen LogP) is 2.82. The fourth-order valence-electron chi connectivity index (χ4n) is 1.84. The van der Waals surface area contributed by atoms with E-state index in [9.17, 15) is 0 Å². The van der Waals surface area contributed by atoms with E-state index in [4.69, 9.17) is 4.74 Å². The molecule has 0 saturated heterocycles. The third-order valence-electron chi connectivity index (χ3n) is 2.62. The molecule has 0 saturated carbocycles. The monoisotopic (exact) mass is 203 g/mol. The molecule has 1 heterocycles.